The zero-order valence-corrected chi connectivity index (χ0v) is 22.7. The highest BCUT2D eigenvalue weighted by atomic mass is 19.4. The average molecular weight is 578 g/mol. The van der Waals surface area contributed by atoms with Crippen LogP contribution in [0, 0.1) is 12.5 Å². The van der Waals surface area contributed by atoms with Crippen molar-refractivity contribution < 1.29 is 32.2 Å². The lowest BCUT2D eigenvalue weighted by molar-refractivity contribution is -0.656. The van der Waals surface area contributed by atoms with Crippen LogP contribution in [-0.2, 0) is 21.2 Å². The number of alkyl halides is 3. The normalized spacial score (nSPS) is 22.0. The zero-order chi connectivity index (χ0) is 29.8. The molecule has 1 spiro atoms. The summed E-state index contributed by atoms with van der Waals surface area (Å²) in [5.74, 6) is -0.987. The molecular weight excluding hydrogens is 549 g/mol. The number of carbonyl (C=O) groups is 3. The van der Waals surface area contributed by atoms with Gasteiger partial charge in [-0.25, -0.2) is 6.57 Å². The summed E-state index contributed by atoms with van der Waals surface area (Å²) < 4.78 is 41.9. The minimum Gasteiger partial charge on any atom is -0.329 e. The summed E-state index contributed by atoms with van der Waals surface area (Å²) >= 11 is 0. The Balaban J connectivity index is 1.28. The number of anilines is 1. The fourth-order valence-corrected chi connectivity index (χ4v) is 6.12. The number of aromatic amines is 1. The van der Waals surface area contributed by atoms with E-state index in [1.165, 1.54) is 47.4 Å². The van der Waals surface area contributed by atoms with E-state index >= 15 is 0 Å². The van der Waals surface area contributed by atoms with Crippen LogP contribution in [0.1, 0.15) is 47.2 Å². The number of nitrogens with one attached hydrogen (secondary N) is 2. The number of likely N-dealkylation sites (tertiary alicyclic amines) is 1. The molecule has 216 valence electrons. The number of fused-ring (bicyclic) bond motifs is 2. The first kappa shape index (κ1) is 27.5. The first-order valence-electron chi connectivity index (χ1n) is 13.7. The standard InChI is InChI=1S/C30H27F3N6O3/c1-34-25-14-29(20-7-3-5-9-22(20)36-28(29)42)17-38(25)27(41)24(13-18-11-12-18)37(2)26(40)19-15-35-39(16-19)23-10-6-4-8-21(23)30(31,32)33/h3-10,15-16,18,24-25H,11-14,17H2,2H3,(H,36,42)/p+1/t24-,25-,29-/m0/s1. The van der Waals surface area contributed by atoms with Crippen LogP contribution in [-0.4, -0.2) is 58.4 Å². The maximum atomic E-state index is 14.1. The van der Waals surface area contributed by atoms with Gasteiger partial charge in [0.25, 0.3) is 11.8 Å². The third kappa shape index (κ3) is 4.58. The summed E-state index contributed by atoms with van der Waals surface area (Å²) in [5.41, 5.74) is -0.599. The number of amides is 3. The number of H-pyrrole nitrogens is 1. The minimum atomic E-state index is -4.60. The topological polar surface area (TPSA) is 93.8 Å². The Bertz CT molecular complexity index is 1620. The molecule has 0 radical (unpaired) electrons. The van der Waals surface area contributed by atoms with Crippen molar-refractivity contribution >= 4 is 23.4 Å². The molecule has 1 aromatic heterocycles. The van der Waals surface area contributed by atoms with Gasteiger partial charge in [-0.15, -0.1) is 0 Å². The molecule has 3 amide bonds. The molecule has 2 aromatic carbocycles. The summed E-state index contributed by atoms with van der Waals surface area (Å²) in [4.78, 5) is 47.3. The van der Waals surface area contributed by atoms with Crippen LogP contribution < -0.4 is 10.00 Å². The molecule has 2 fully saturated rings. The number of carbonyl (C=O) groups excluding carboxylic acids is 3. The molecule has 2 N–H and O–H groups in total. The predicted molar refractivity (Wildman–Crippen MR) is 144 cm³/mol. The van der Waals surface area contributed by atoms with E-state index in [1.807, 2.05) is 12.1 Å². The third-order valence-electron chi connectivity index (χ3n) is 8.56. The van der Waals surface area contributed by atoms with Crippen molar-refractivity contribution in [3.05, 3.63) is 89.0 Å². The molecule has 6 rings (SSSR count). The van der Waals surface area contributed by atoms with E-state index in [9.17, 15) is 27.6 Å². The Morgan fingerprint density at radius 2 is 1.90 bits per heavy atom. The molecule has 3 aliphatic rings. The van der Waals surface area contributed by atoms with Gasteiger partial charge in [0.2, 0.25) is 17.8 Å². The van der Waals surface area contributed by atoms with Gasteiger partial charge in [-0.3, -0.25) is 24.1 Å². The number of nitrogens with zero attached hydrogens (tertiary/aromatic N) is 4. The second-order valence-corrected chi connectivity index (χ2v) is 11.2. The maximum absolute atomic E-state index is 14.1. The van der Waals surface area contributed by atoms with Gasteiger partial charge in [-0.2, -0.15) is 18.3 Å². The number of aromatic nitrogens is 2. The molecule has 0 unspecified atom stereocenters. The van der Waals surface area contributed by atoms with E-state index in [4.69, 9.17) is 6.57 Å². The molecule has 1 saturated carbocycles. The van der Waals surface area contributed by atoms with Gasteiger partial charge in [-0.1, -0.05) is 47.9 Å². The van der Waals surface area contributed by atoms with Crippen LogP contribution in [0.4, 0.5) is 18.9 Å². The lowest BCUT2D eigenvalue weighted by Gasteiger charge is -2.31. The molecule has 9 nitrogen and oxygen atoms in total. The van der Waals surface area contributed by atoms with Gasteiger partial charge in [0.05, 0.1) is 12.6 Å². The van der Waals surface area contributed by atoms with Gasteiger partial charge in [-0.05, 0) is 30.0 Å². The number of hydrogen-bond acceptors (Lipinski definition) is 3. The SMILES string of the molecule is [C-]#[N+][C@@H]1C[C@@]2(CN1C(=O)[C@H](CC1CC1)N(C)C(=O)c1c[nH][n+](-c3ccccc3C(F)(F)F)c1)C(=O)Nc1ccccc12. The van der Waals surface area contributed by atoms with Crippen LogP contribution >= 0.6 is 0 Å². The number of halogens is 3. The van der Waals surface area contributed by atoms with Crippen molar-refractivity contribution in [1.29, 1.82) is 0 Å². The molecular formula is C30H28F3N6O3+. The van der Waals surface area contributed by atoms with Gasteiger partial charge in [0.1, 0.15) is 22.6 Å². The molecule has 2 aliphatic heterocycles. The number of rotatable bonds is 6. The molecule has 3 atom stereocenters. The predicted octanol–water partition coefficient (Wildman–Crippen LogP) is 3.92. The van der Waals surface area contributed by atoms with Gasteiger partial charge in [0, 0.05) is 25.3 Å². The van der Waals surface area contributed by atoms with Gasteiger partial charge >= 0.3 is 12.3 Å². The Morgan fingerprint density at radius 3 is 2.62 bits per heavy atom. The fraction of sp³-hybridized carbons (Fsp3) is 0.367. The first-order valence-corrected chi connectivity index (χ1v) is 13.7. The Morgan fingerprint density at radius 1 is 1.19 bits per heavy atom. The highest BCUT2D eigenvalue weighted by molar-refractivity contribution is 6.07. The van der Waals surface area contributed by atoms with Crippen molar-refractivity contribution in [2.45, 2.75) is 49.5 Å². The maximum Gasteiger partial charge on any atom is 0.422 e. The smallest absolute Gasteiger partial charge is 0.329 e. The summed E-state index contributed by atoms with van der Waals surface area (Å²) in [6.45, 7) is 7.84. The highest BCUT2D eigenvalue weighted by Gasteiger charge is 2.59. The Labute approximate surface area is 239 Å². The molecule has 3 heterocycles. The van der Waals surface area contributed by atoms with E-state index in [0.29, 0.717) is 12.1 Å². The summed E-state index contributed by atoms with van der Waals surface area (Å²) in [7, 11) is 1.49. The van der Waals surface area contributed by atoms with Crippen molar-refractivity contribution in [2.24, 2.45) is 5.92 Å². The summed E-state index contributed by atoms with van der Waals surface area (Å²) in [6.07, 6.45) is -0.541. The minimum absolute atomic E-state index is 0.0172. The van der Waals surface area contributed by atoms with E-state index < -0.39 is 41.2 Å². The van der Waals surface area contributed by atoms with Crippen molar-refractivity contribution in [3.8, 4) is 5.69 Å². The Hall–Kier alpha value is -4.66. The van der Waals surface area contributed by atoms with Crippen molar-refractivity contribution in [1.82, 2.24) is 14.9 Å². The second-order valence-electron chi connectivity index (χ2n) is 11.2. The fourth-order valence-electron chi connectivity index (χ4n) is 6.12. The molecule has 3 aromatic rings. The number of para-hydroxylation sites is 2. The van der Waals surface area contributed by atoms with Gasteiger partial charge < -0.3 is 10.2 Å². The van der Waals surface area contributed by atoms with E-state index in [0.717, 1.165) is 29.2 Å². The average Bonchev–Trinajstić information content (AvgIpc) is 3.40. The van der Waals surface area contributed by atoms with Crippen molar-refractivity contribution in [2.75, 3.05) is 18.9 Å². The monoisotopic (exact) mass is 577 g/mol. The lowest BCUT2D eigenvalue weighted by atomic mass is 9.80. The summed E-state index contributed by atoms with van der Waals surface area (Å²) in [5, 5.41) is 5.58. The number of likely N-dealkylation sites (N-methyl/N-ethyl adjacent to an activating group) is 1. The van der Waals surface area contributed by atoms with E-state index in [-0.39, 0.29) is 36.0 Å². The van der Waals surface area contributed by atoms with E-state index in [1.54, 1.807) is 12.1 Å². The van der Waals surface area contributed by atoms with Crippen LogP contribution in [0.5, 0.6) is 0 Å². The van der Waals surface area contributed by atoms with Crippen molar-refractivity contribution in [3.63, 3.8) is 0 Å². The van der Waals surface area contributed by atoms with E-state index in [2.05, 4.69) is 15.3 Å². The van der Waals surface area contributed by atoms with Crippen LogP contribution in [0.3, 0.4) is 0 Å². The molecule has 1 saturated heterocycles. The molecule has 1 aliphatic carbocycles. The quantitative estimate of drug-likeness (QED) is 0.344. The first-order chi connectivity index (χ1) is 20.0. The molecule has 12 heteroatoms. The van der Waals surface area contributed by atoms with Crippen LogP contribution in [0.15, 0.2) is 60.9 Å². The van der Waals surface area contributed by atoms with Crippen LogP contribution in [0.2, 0.25) is 0 Å². The number of hydrogen-bond donors (Lipinski definition) is 2. The second kappa shape index (κ2) is 10.0. The third-order valence-corrected chi connectivity index (χ3v) is 8.56. The summed E-state index contributed by atoms with van der Waals surface area (Å²) in [6, 6.07) is 11.3. The zero-order valence-electron chi connectivity index (χ0n) is 22.7. The molecule has 42 heavy (non-hydrogen) atoms. The highest BCUT2D eigenvalue weighted by Crippen LogP contribution is 2.47. The van der Waals surface area contributed by atoms with Crippen LogP contribution in [0.25, 0.3) is 10.5 Å². The molecule has 0 bridgehead atoms. The number of benzene rings is 2. The lowest BCUT2D eigenvalue weighted by Crippen LogP contribution is -2.51. The largest absolute Gasteiger partial charge is 0.422 e. The Kier molecular flexibility index (Phi) is 6.55. The van der Waals surface area contributed by atoms with Gasteiger partial charge in [0.15, 0.2) is 0 Å².